The number of non-ortho nitro benzene ring substituents is 1. The van der Waals surface area contributed by atoms with E-state index in [1.165, 1.54) is 23.1 Å². The lowest BCUT2D eigenvalue weighted by molar-refractivity contribution is -0.384. The molecule has 1 aromatic rings. The van der Waals surface area contributed by atoms with E-state index < -0.39 is 4.92 Å². The minimum Gasteiger partial charge on any atom is -0.482 e. The SMILES string of the molecule is CN(C(=O)CN1C(=O)COc2ccc([N+](=O)[O-])cc21)C1CC2CCC(C1)N2. The second-order valence-corrected chi connectivity index (χ2v) is 7.45. The van der Waals surface area contributed by atoms with Gasteiger partial charge in [0.15, 0.2) is 6.61 Å². The van der Waals surface area contributed by atoms with Gasteiger partial charge in [-0.25, -0.2) is 0 Å². The zero-order valence-corrected chi connectivity index (χ0v) is 15.1. The van der Waals surface area contributed by atoms with E-state index in [1.807, 2.05) is 0 Å². The lowest BCUT2D eigenvalue weighted by Crippen LogP contribution is -2.52. The molecule has 0 radical (unpaired) electrons. The van der Waals surface area contributed by atoms with Crippen molar-refractivity contribution in [2.45, 2.75) is 43.8 Å². The van der Waals surface area contributed by atoms with Crippen LogP contribution in [-0.4, -0.2) is 60.0 Å². The van der Waals surface area contributed by atoms with E-state index in [-0.39, 0.29) is 42.4 Å². The molecule has 1 aromatic carbocycles. The number of rotatable bonds is 4. The first-order chi connectivity index (χ1) is 12.9. The Morgan fingerprint density at radius 2 is 2.07 bits per heavy atom. The Hall–Kier alpha value is -2.68. The number of nitrogens with one attached hydrogen (secondary N) is 1. The van der Waals surface area contributed by atoms with Crippen molar-refractivity contribution in [3.8, 4) is 5.75 Å². The normalized spacial score (nSPS) is 26.3. The molecule has 0 saturated carbocycles. The highest BCUT2D eigenvalue weighted by molar-refractivity contribution is 6.02. The van der Waals surface area contributed by atoms with E-state index in [0.717, 1.165) is 25.7 Å². The van der Waals surface area contributed by atoms with Gasteiger partial charge in [-0.1, -0.05) is 0 Å². The van der Waals surface area contributed by atoms with Gasteiger partial charge in [0, 0.05) is 37.3 Å². The fourth-order valence-corrected chi connectivity index (χ4v) is 4.27. The van der Waals surface area contributed by atoms with Crippen molar-refractivity contribution in [2.24, 2.45) is 0 Å². The molecule has 2 unspecified atom stereocenters. The molecule has 0 aliphatic carbocycles. The zero-order chi connectivity index (χ0) is 19.1. The van der Waals surface area contributed by atoms with Crippen LogP contribution in [0.3, 0.4) is 0 Å². The van der Waals surface area contributed by atoms with E-state index in [2.05, 4.69) is 5.32 Å². The molecule has 0 aromatic heterocycles. The van der Waals surface area contributed by atoms with Crippen LogP contribution in [0.4, 0.5) is 11.4 Å². The van der Waals surface area contributed by atoms with E-state index in [4.69, 9.17) is 4.74 Å². The molecule has 9 heteroatoms. The minimum atomic E-state index is -0.531. The lowest BCUT2D eigenvalue weighted by atomic mass is 9.98. The molecule has 2 amide bonds. The Labute approximate surface area is 156 Å². The molecule has 0 spiro atoms. The van der Waals surface area contributed by atoms with Crippen LogP contribution < -0.4 is 15.0 Å². The van der Waals surface area contributed by atoms with Gasteiger partial charge in [-0.2, -0.15) is 0 Å². The summed E-state index contributed by atoms with van der Waals surface area (Å²) < 4.78 is 5.35. The van der Waals surface area contributed by atoms with Gasteiger partial charge in [0.1, 0.15) is 12.3 Å². The predicted molar refractivity (Wildman–Crippen MR) is 96.7 cm³/mol. The number of amides is 2. The van der Waals surface area contributed by atoms with Crippen molar-refractivity contribution in [1.82, 2.24) is 10.2 Å². The number of nitro groups is 1. The Morgan fingerprint density at radius 1 is 1.37 bits per heavy atom. The molecule has 2 atom stereocenters. The second-order valence-electron chi connectivity index (χ2n) is 7.45. The number of piperidine rings is 1. The summed E-state index contributed by atoms with van der Waals surface area (Å²) in [6.45, 7) is -0.328. The van der Waals surface area contributed by atoms with Gasteiger partial charge in [-0.05, 0) is 31.7 Å². The van der Waals surface area contributed by atoms with E-state index in [0.29, 0.717) is 17.8 Å². The average Bonchev–Trinajstić information content (AvgIpc) is 3.00. The first kappa shape index (κ1) is 17.7. The summed E-state index contributed by atoms with van der Waals surface area (Å²) in [7, 11) is 1.77. The zero-order valence-electron chi connectivity index (χ0n) is 15.1. The maximum absolute atomic E-state index is 12.9. The van der Waals surface area contributed by atoms with Crippen LogP contribution in [0.25, 0.3) is 0 Å². The molecule has 3 heterocycles. The van der Waals surface area contributed by atoms with Crippen LogP contribution in [0, 0.1) is 10.1 Å². The molecule has 144 valence electrons. The third-order valence-corrected chi connectivity index (χ3v) is 5.78. The first-order valence-corrected chi connectivity index (χ1v) is 9.15. The van der Waals surface area contributed by atoms with Gasteiger partial charge < -0.3 is 15.0 Å². The van der Waals surface area contributed by atoms with Crippen molar-refractivity contribution in [3.05, 3.63) is 28.3 Å². The first-order valence-electron chi connectivity index (χ1n) is 9.15. The number of hydrogen-bond donors (Lipinski definition) is 1. The van der Waals surface area contributed by atoms with Gasteiger partial charge in [0.25, 0.3) is 11.6 Å². The molecule has 2 saturated heterocycles. The monoisotopic (exact) mass is 374 g/mol. The van der Waals surface area contributed by atoms with Crippen molar-refractivity contribution in [1.29, 1.82) is 0 Å². The van der Waals surface area contributed by atoms with Gasteiger partial charge >= 0.3 is 0 Å². The van der Waals surface area contributed by atoms with Gasteiger partial charge in [0.2, 0.25) is 5.91 Å². The summed E-state index contributed by atoms with van der Waals surface area (Å²) >= 11 is 0. The fraction of sp³-hybridized carbons (Fsp3) is 0.556. The molecule has 4 rings (SSSR count). The highest BCUT2D eigenvalue weighted by Crippen LogP contribution is 2.35. The Kier molecular flexibility index (Phi) is 4.47. The van der Waals surface area contributed by atoms with Crippen LogP contribution in [0.1, 0.15) is 25.7 Å². The molecule has 2 fully saturated rings. The maximum Gasteiger partial charge on any atom is 0.271 e. The van der Waals surface area contributed by atoms with Crippen LogP contribution in [0.2, 0.25) is 0 Å². The number of carbonyl (C=O) groups is 2. The van der Waals surface area contributed by atoms with Crippen molar-refractivity contribution >= 4 is 23.2 Å². The molecular formula is C18H22N4O5. The standard InChI is InChI=1S/C18H22N4O5/c1-20(14-6-11-2-3-12(7-14)19-11)17(23)9-21-15-8-13(22(25)26)4-5-16(15)27-10-18(21)24/h4-5,8,11-12,14,19H,2-3,6-7,9-10H2,1H3. The van der Waals surface area contributed by atoms with E-state index in [9.17, 15) is 19.7 Å². The summed E-state index contributed by atoms with van der Waals surface area (Å²) in [5.74, 6) is -0.181. The summed E-state index contributed by atoms with van der Waals surface area (Å²) in [6, 6.07) is 5.13. The van der Waals surface area contributed by atoms with Crippen molar-refractivity contribution in [3.63, 3.8) is 0 Å². The topological polar surface area (TPSA) is 105 Å². The molecular weight excluding hydrogens is 352 g/mol. The largest absolute Gasteiger partial charge is 0.482 e. The summed E-state index contributed by atoms with van der Waals surface area (Å²) in [5.41, 5.74) is 0.125. The molecule has 2 bridgehead atoms. The molecule has 9 nitrogen and oxygen atoms in total. The number of nitrogens with zero attached hydrogens (tertiary/aromatic N) is 3. The maximum atomic E-state index is 12.9. The van der Waals surface area contributed by atoms with Crippen molar-refractivity contribution in [2.75, 3.05) is 25.1 Å². The minimum absolute atomic E-state index is 0.146. The number of hydrogen-bond acceptors (Lipinski definition) is 6. The van der Waals surface area contributed by atoms with Crippen LogP contribution >= 0.6 is 0 Å². The molecule has 27 heavy (non-hydrogen) atoms. The average molecular weight is 374 g/mol. The number of nitro benzene ring substituents is 1. The highest BCUT2D eigenvalue weighted by Gasteiger charge is 2.37. The number of likely N-dealkylation sites (N-methyl/N-ethyl adjacent to an activating group) is 1. The lowest BCUT2D eigenvalue weighted by Gasteiger charge is -2.37. The Bertz CT molecular complexity index is 786. The molecule has 3 aliphatic rings. The quantitative estimate of drug-likeness (QED) is 0.624. The van der Waals surface area contributed by atoms with Gasteiger partial charge in [-0.15, -0.1) is 0 Å². The fourth-order valence-electron chi connectivity index (χ4n) is 4.27. The van der Waals surface area contributed by atoms with Gasteiger partial charge in [0.05, 0.1) is 10.6 Å². The van der Waals surface area contributed by atoms with Crippen LogP contribution in [0.5, 0.6) is 5.75 Å². The summed E-state index contributed by atoms with van der Waals surface area (Å²) in [4.78, 5) is 38.7. The Morgan fingerprint density at radius 3 is 2.74 bits per heavy atom. The number of anilines is 1. The van der Waals surface area contributed by atoms with Crippen LogP contribution in [0.15, 0.2) is 18.2 Å². The highest BCUT2D eigenvalue weighted by atomic mass is 16.6. The number of ether oxygens (including phenoxy) is 1. The number of carbonyl (C=O) groups excluding carboxylic acids is 2. The van der Waals surface area contributed by atoms with Crippen LogP contribution in [-0.2, 0) is 9.59 Å². The number of fused-ring (bicyclic) bond motifs is 3. The third-order valence-electron chi connectivity index (χ3n) is 5.78. The summed E-state index contributed by atoms with van der Waals surface area (Å²) in [6.07, 6.45) is 4.11. The smallest absolute Gasteiger partial charge is 0.271 e. The van der Waals surface area contributed by atoms with E-state index in [1.54, 1.807) is 11.9 Å². The number of benzene rings is 1. The second kappa shape index (κ2) is 6.80. The Balaban J connectivity index is 1.51. The third kappa shape index (κ3) is 3.34. The molecule has 3 aliphatic heterocycles. The predicted octanol–water partition coefficient (Wildman–Crippen LogP) is 1.06. The van der Waals surface area contributed by atoms with Gasteiger partial charge in [-0.3, -0.25) is 24.6 Å². The summed E-state index contributed by atoms with van der Waals surface area (Å²) in [5, 5.41) is 14.6. The van der Waals surface area contributed by atoms with E-state index >= 15 is 0 Å². The van der Waals surface area contributed by atoms with Crippen molar-refractivity contribution < 1.29 is 19.2 Å². The molecule has 1 N–H and O–H groups in total.